The Balaban J connectivity index is 2.34. The normalized spacial score (nSPS) is 11.4. The molecule has 0 saturated heterocycles. The predicted octanol–water partition coefficient (Wildman–Crippen LogP) is 4.54. The largest absolute Gasteiger partial charge is 0.238 e. The van der Waals surface area contributed by atoms with Gasteiger partial charge in [0.1, 0.15) is 5.82 Å². The average Bonchev–Trinajstić information content (AvgIpc) is 2.53. The zero-order valence-electron chi connectivity index (χ0n) is 12.8. The third kappa shape index (κ3) is 2.53. The first-order valence-corrected chi connectivity index (χ1v) is 7.10. The van der Waals surface area contributed by atoms with Crippen LogP contribution in [0.25, 0.3) is 27.1 Å². The van der Waals surface area contributed by atoms with E-state index in [4.69, 9.17) is 11.6 Å². The second-order valence-corrected chi connectivity index (χ2v) is 6.18. The van der Waals surface area contributed by atoms with E-state index in [0.29, 0.717) is 11.3 Å². The Morgan fingerprint density at radius 1 is 1.05 bits per heavy atom. The lowest BCUT2D eigenvalue weighted by Crippen LogP contribution is -2.16. The number of benzene rings is 1. The SMILES string of the molecule is [C-]#[N+]c1cccc(-c2nc(C(C)(C)C)nc3ncccc23)c1. The van der Waals surface area contributed by atoms with Crippen molar-refractivity contribution in [2.24, 2.45) is 0 Å². The van der Waals surface area contributed by atoms with Crippen molar-refractivity contribution < 1.29 is 0 Å². The highest BCUT2D eigenvalue weighted by atomic mass is 15.0. The van der Waals surface area contributed by atoms with Crippen LogP contribution in [0.2, 0.25) is 0 Å². The van der Waals surface area contributed by atoms with Gasteiger partial charge in [0.05, 0.1) is 12.3 Å². The van der Waals surface area contributed by atoms with Gasteiger partial charge in [0.2, 0.25) is 0 Å². The second kappa shape index (κ2) is 5.19. The van der Waals surface area contributed by atoms with E-state index in [1.807, 2.05) is 30.3 Å². The predicted molar refractivity (Wildman–Crippen MR) is 87.7 cm³/mol. The summed E-state index contributed by atoms with van der Waals surface area (Å²) in [5.41, 5.74) is 2.86. The van der Waals surface area contributed by atoms with Gasteiger partial charge in [-0.15, -0.1) is 0 Å². The van der Waals surface area contributed by atoms with Crippen LogP contribution in [0.5, 0.6) is 0 Å². The van der Waals surface area contributed by atoms with Gasteiger partial charge in [-0.2, -0.15) is 0 Å². The maximum atomic E-state index is 7.19. The van der Waals surface area contributed by atoms with Gasteiger partial charge in [-0.25, -0.2) is 19.8 Å². The number of aromatic nitrogens is 3. The van der Waals surface area contributed by atoms with Crippen LogP contribution in [0, 0.1) is 6.57 Å². The minimum absolute atomic E-state index is 0.169. The maximum absolute atomic E-state index is 7.19. The van der Waals surface area contributed by atoms with E-state index in [1.54, 1.807) is 12.3 Å². The van der Waals surface area contributed by atoms with Crippen molar-refractivity contribution >= 4 is 16.7 Å². The first-order chi connectivity index (χ1) is 10.5. The molecule has 0 radical (unpaired) electrons. The van der Waals surface area contributed by atoms with Crippen molar-refractivity contribution in [1.29, 1.82) is 0 Å². The summed E-state index contributed by atoms with van der Waals surface area (Å²) in [5.74, 6) is 0.752. The van der Waals surface area contributed by atoms with Gasteiger partial charge in [0, 0.05) is 17.0 Å². The average molecular weight is 288 g/mol. The Kier molecular flexibility index (Phi) is 3.34. The van der Waals surface area contributed by atoms with E-state index in [2.05, 4.69) is 35.6 Å². The summed E-state index contributed by atoms with van der Waals surface area (Å²) in [6, 6.07) is 11.3. The Labute approximate surface area is 129 Å². The molecule has 4 heteroatoms. The van der Waals surface area contributed by atoms with Crippen LogP contribution >= 0.6 is 0 Å². The van der Waals surface area contributed by atoms with E-state index in [-0.39, 0.29) is 5.41 Å². The first-order valence-electron chi connectivity index (χ1n) is 7.10. The summed E-state index contributed by atoms with van der Waals surface area (Å²) >= 11 is 0. The highest BCUT2D eigenvalue weighted by Gasteiger charge is 2.20. The smallest absolute Gasteiger partial charge is 0.187 e. The summed E-state index contributed by atoms with van der Waals surface area (Å²) in [6.45, 7) is 13.4. The maximum Gasteiger partial charge on any atom is 0.187 e. The molecule has 0 fully saturated rings. The number of pyridine rings is 1. The summed E-state index contributed by atoms with van der Waals surface area (Å²) in [6.07, 6.45) is 1.74. The summed E-state index contributed by atoms with van der Waals surface area (Å²) in [7, 11) is 0. The molecule has 0 atom stereocenters. The minimum atomic E-state index is -0.169. The number of rotatable bonds is 1. The van der Waals surface area contributed by atoms with Crippen molar-refractivity contribution in [2.45, 2.75) is 26.2 Å². The van der Waals surface area contributed by atoms with Gasteiger partial charge in [-0.1, -0.05) is 39.0 Å². The molecule has 0 unspecified atom stereocenters. The molecular formula is C18H16N4. The highest BCUT2D eigenvalue weighted by Crippen LogP contribution is 2.30. The fourth-order valence-corrected chi connectivity index (χ4v) is 2.24. The molecule has 0 saturated carbocycles. The number of fused-ring (bicyclic) bond motifs is 1. The van der Waals surface area contributed by atoms with Gasteiger partial charge in [0.25, 0.3) is 0 Å². The van der Waals surface area contributed by atoms with Crippen molar-refractivity contribution in [3.63, 3.8) is 0 Å². The van der Waals surface area contributed by atoms with Gasteiger partial charge in [0.15, 0.2) is 11.3 Å². The third-order valence-corrected chi connectivity index (χ3v) is 3.39. The van der Waals surface area contributed by atoms with Gasteiger partial charge < -0.3 is 0 Å². The zero-order valence-corrected chi connectivity index (χ0v) is 12.8. The van der Waals surface area contributed by atoms with Crippen molar-refractivity contribution in [1.82, 2.24) is 15.0 Å². The standard InChI is InChI=1S/C18H16N4/c1-18(2,3)17-21-15(12-7-5-8-13(11-12)19-4)14-9-6-10-20-16(14)22-17/h5-11H,1-3H3. The Morgan fingerprint density at radius 2 is 1.86 bits per heavy atom. The quantitative estimate of drug-likeness (QED) is 0.617. The first kappa shape index (κ1) is 14.2. The number of hydrogen-bond acceptors (Lipinski definition) is 3. The van der Waals surface area contributed by atoms with E-state index >= 15 is 0 Å². The molecule has 0 aliphatic rings. The molecular weight excluding hydrogens is 272 g/mol. The fourth-order valence-electron chi connectivity index (χ4n) is 2.24. The molecule has 3 aromatic rings. The molecule has 0 N–H and O–H groups in total. The van der Waals surface area contributed by atoms with Gasteiger partial charge in [-0.05, 0) is 23.8 Å². The molecule has 4 nitrogen and oxygen atoms in total. The van der Waals surface area contributed by atoms with Crippen molar-refractivity contribution in [3.8, 4) is 11.3 Å². The van der Waals surface area contributed by atoms with Crippen molar-refractivity contribution in [2.75, 3.05) is 0 Å². The molecule has 0 amide bonds. The van der Waals surface area contributed by atoms with E-state index in [9.17, 15) is 0 Å². The summed E-state index contributed by atoms with van der Waals surface area (Å²) < 4.78 is 0. The molecule has 3 rings (SSSR count). The molecule has 108 valence electrons. The highest BCUT2D eigenvalue weighted by molar-refractivity contribution is 5.90. The number of nitrogens with zero attached hydrogens (tertiary/aromatic N) is 4. The van der Waals surface area contributed by atoms with Crippen LogP contribution in [0.3, 0.4) is 0 Å². The fraction of sp³-hybridized carbons (Fsp3) is 0.222. The van der Waals surface area contributed by atoms with Crippen LogP contribution in [0.1, 0.15) is 26.6 Å². The molecule has 0 aliphatic heterocycles. The van der Waals surface area contributed by atoms with Crippen molar-refractivity contribution in [3.05, 3.63) is 59.8 Å². The van der Waals surface area contributed by atoms with Gasteiger partial charge >= 0.3 is 0 Å². The third-order valence-electron chi connectivity index (χ3n) is 3.39. The van der Waals surface area contributed by atoms with E-state index in [1.165, 1.54) is 0 Å². The van der Waals surface area contributed by atoms with Crippen LogP contribution in [0.15, 0.2) is 42.6 Å². The molecule has 0 spiro atoms. The van der Waals surface area contributed by atoms with Gasteiger partial charge in [-0.3, -0.25) is 0 Å². The van der Waals surface area contributed by atoms with E-state index in [0.717, 1.165) is 22.5 Å². The monoisotopic (exact) mass is 288 g/mol. The molecule has 2 heterocycles. The lowest BCUT2D eigenvalue weighted by Gasteiger charge is -2.18. The summed E-state index contributed by atoms with van der Waals surface area (Å²) in [4.78, 5) is 17.2. The zero-order chi connectivity index (χ0) is 15.7. The summed E-state index contributed by atoms with van der Waals surface area (Å²) in [5, 5.41) is 0.901. The molecule has 0 bridgehead atoms. The van der Waals surface area contributed by atoms with E-state index < -0.39 is 0 Å². The number of hydrogen-bond donors (Lipinski definition) is 0. The molecule has 22 heavy (non-hydrogen) atoms. The lowest BCUT2D eigenvalue weighted by molar-refractivity contribution is 0.548. The van der Waals surface area contributed by atoms with Crippen LogP contribution in [-0.4, -0.2) is 15.0 Å². The molecule has 2 aromatic heterocycles. The van der Waals surface area contributed by atoms with Crippen LogP contribution in [0.4, 0.5) is 5.69 Å². The Bertz CT molecular complexity index is 885. The Hall–Kier alpha value is -2.80. The van der Waals surface area contributed by atoms with Crippen LogP contribution < -0.4 is 0 Å². The van der Waals surface area contributed by atoms with Crippen LogP contribution in [-0.2, 0) is 5.41 Å². The molecule has 1 aromatic carbocycles. The lowest BCUT2D eigenvalue weighted by atomic mass is 9.95. The Morgan fingerprint density at radius 3 is 2.59 bits per heavy atom. The second-order valence-electron chi connectivity index (χ2n) is 6.18. The molecule has 0 aliphatic carbocycles. The topological polar surface area (TPSA) is 43.0 Å². The minimum Gasteiger partial charge on any atom is -0.238 e.